The highest BCUT2D eigenvalue weighted by atomic mass is 32.2. The molecular weight excluding hydrogens is 534 g/mol. The highest BCUT2D eigenvalue weighted by Gasteiger charge is 2.34. The summed E-state index contributed by atoms with van der Waals surface area (Å²) in [4.78, 5) is 28.2. The molecule has 1 aromatic heterocycles. The van der Waals surface area contributed by atoms with Gasteiger partial charge in [-0.05, 0) is 98.5 Å². The first-order valence-electron chi connectivity index (χ1n) is 13.1. The third kappa shape index (κ3) is 4.72. The predicted molar refractivity (Wildman–Crippen MR) is 152 cm³/mol. The molecule has 3 heterocycles. The van der Waals surface area contributed by atoms with Crippen LogP contribution in [-0.2, 0) is 22.9 Å². The largest absolute Gasteiger partial charge is 0.497 e. The molecule has 0 bridgehead atoms. The molecule has 1 aliphatic carbocycles. The third-order valence-electron chi connectivity index (χ3n) is 7.50. The maximum Gasteiger partial charge on any atom is 0.264 e. The van der Waals surface area contributed by atoms with Crippen LogP contribution in [0.15, 0.2) is 53.1 Å². The van der Waals surface area contributed by atoms with Gasteiger partial charge in [0.2, 0.25) is 0 Å². The number of aryl methyl sites for hydroxylation is 1. The number of sulfonamides is 1. The van der Waals surface area contributed by atoms with Gasteiger partial charge >= 0.3 is 0 Å². The van der Waals surface area contributed by atoms with Crippen LogP contribution in [0.2, 0.25) is 0 Å². The van der Waals surface area contributed by atoms with E-state index in [1.807, 2.05) is 6.08 Å². The molecule has 6 rings (SSSR count). The molecule has 0 atom stereocenters. The average Bonchev–Trinajstić information content (AvgIpc) is 3.31. The number of ether oxygens (including phenoxy) is 1. The van der Waals surface area contributed by atoms with Gasteiger partial charge < -0.3 is 15.4 Å². The van der Waals surface area contributed by atoms with E-state index in [1.165, 1.54) is 21.7 Å². The van der Waals surface area contributed by atoms with Gasteiger partial charge in [0, 0.05) is 28.4 Å². The molecule has 0 saturated carbocycles. The number of hydrogen-bond donors (Lipinski definition) is 2. The maximum absolute atomic E-state index is 13.5. The van der Waals surface area contributed by atoms with E-state index in [2.05, 4.69) is 10.6 Å². The van der Waals surface area contributed by atoms with Crippen molar-refractivity contribution in [1.82, 2.24) is 4.31 Å². The molecule has 202 valence electrons. The molecule has 8 nitrogen and oxygen atoms in total. The molecular formula is C29H29N3O5S2. The number of hydrogen-bond acceptors (Lipinski definition) is 6. The molecule has 1 saturated heterocycles. The lowest BCUT2D eigenvalue weighted by Crippen LogP contribution is -2.36. The van der Waals surface area contributed by atoms with Crippen LogP contribution >= 0.6 is 11.3 Å². The molecule has 0 radical (unpaired) electrons. The minimum atomic E-state index is -3.72. The lowest BCUT2D eigenvalue weighted by atomic mass is 9.95. The van der Waals surface area contributed by atoms with Crippen molar-refractivity contribution in [1.29, 1.82) is 0 Å². The Labute approximate surface area is 231 Å². The Morgan fingerprint density at radius 2 is 1.69 bits per heavy atom. The lowest BCUT2D eigenvalue weighted by molar-refractivity contribution is 0.102. The number of piperidine rings is 1. The molecule has 3 aliphatic rings. The minimum Gasteiger partial charge on any atom is -0.497 e. The number of carbonyl (C=O) groups is 2. The van der Waals surface area contributed by atoms with Gasteiger partial charge in [-0.25, -0.2) is 8.42 Å². The highest BCUT2D eigenvalue weighted by molar-refractivity contribution is 7.89. The first-order valence-corrected chi connectivity index (χ1v) is 15.4. The van der Waals surface area contributed by atoms with Crippen LogP contribution in [0.5, 0.6) is 5.75 Å². The monoisotopic (exact) mass is 563 g/mol. The zero-order valence-corrected chi connectivity index (χ0v) is 23.2. The molecule has 2 aromatic carbocycles. The number of anilines is 2. The molecule has 2 N–H and O–H groups in total. The van der Waals surface area contributed by atoms with E-state index < -0.39 is 15.9 Å². The zero-order valence-electron chi connectivity index (χ0n) is 21.6. The topological polar surface area (TPSA) is 105 Å². The Balaban J connectivity index is 1.30. The predicted octanol–water partition coefficient (Wildman–Crippen LogP) is 5.67. The molecule has 0 spiro atoms. The summed E-state index contributed by atoms with van der Waals surface area (Å²) in [6, 6.07) is 11.9. The van der Waals surface area contributed by atoms with Crippen molar-refractivity contribution in [3.05, 3.63) is 75.3 Å². The number of allylic oxidation sites excluding steroid dienone is 1. The number of amides is 2. The van der Waals surface area contributed by atoms with Gasteiger partial charge in [-0.3, -0.25) is 13.9 Å². The number of fused-ring (bicyclic) bond motifs is 3. The van der Waals surface area contributed by atoms with E-state index in [1.54, 1.807) is 43.5 Å². The number of nitrogens with one attached hydrogen (secondary N) is 2. The summed E-state index contributed by atoms with van der Waals surface area (Å²) in [5, 5.41) is 6.36. The maximum atomic E-state index is 13.5. The summed E-state index contributed by atoms with van der Waals surface area (Å²) in [6.07, 6.45) is 8.07. The summed E-state index contributed by atoms with van der Waals surface area (Å²) in [7, 11) is -2.14. The number of rotatable bonds is 5. The van der Waals surface area contributed by atoms with Crippen LogP contribution in [0.3, 0.4) is 0 Å². The minimum absolute atomic E-state index is 0.142. The Morgan fingerprint density at radius 3 is 2.49 bits per heavy atom. The second-order valence-corrected chi connectivity index (χ2v) is 12.9. The summed E-state index contributed by atoms with van der Waals surface area (Å²) in [6.45, 7) is 0.456. The van der Waals surface area contributed by atoms with Crippen LogP contribution < -0.4 is 15.4 Å². The summed E-state index contributed by atoms with van der Waals surface area (Å²) < 4.78 is 33.4. The fourth-order valence-corrected chi connectivity index (χ4v) is 8.54. The van der Waals surface area contributed by atoms with Crippen molar-refractivity contribution in [2.45, 2.75) is 49.8 Å². The lowest BCUT2D eigenvalue weighted by Gasteiger charge is -2.34. The van der Waals surface area contributed by atoms with Gasteiger partial charge in [0.25, 0.3) is 21.8 Å². The van der Waals surface area contributed by atoms with Crippen LogP contribution in [0, 0.1) is 0 Å². The van der Waals surface area contributed by atoms with E-state index in [4.69, 9.17) is 4.74 Å². The van der Waals surface area contributed by atoms with Crippen LogP contribution in [-0.4, -0.2) is 38.2 Å². The Bertz CT molecular complexity index is 1610. The molecule has 1 fully saturated rings. The normalized spacial score (nSPS) is 17.3. The number of thiophene rings is 1. The van der Waals surface area contributed by atoms with Crippen molar-refractivity contribution in [2.24, 2.45) is 0 Å². The van der Waals surface area contributed by atoms with Gasteiger partial charge in [0.15, 0.2) is 0 Å². The zero-order chi connectivity index (χ0) is 27.1. The fraction of sp³-hybridized carbons (Fsp3) is 0.310. The van der Waals surface area contributed by atoms with Gasteiger partial charge in [0.05, 0.1) is 17.6 Å². The van der Waals surface area contributed by atoms with E-state index in [0.717, 1.165) is 61.1 Å². The smallest absolute Gasteiger partial charge is 0.264 e. The Hall–Kier alpha value is -3.63. The van der Waals surface area contributed by atoms with Crippen LogP contribution in [0.25, 0.3) is 6.08 Å². The fourth-order valence-electron chi connectivity index (χ4n) is 5.50. The first kappa shape index (κ1) is 25.6. The summed E-state index contributed by atoms with van der Waals surface area (Å²) >= 11 is 1.42. The van der Waals surface area contributed by atoms with Gasteiger partial charge in [0.1, 0.15) is 10.8 Å². The second kappa shape index (κ2) is 10.2. The van der Waals surface area contributed by atoms with Crippen LogP contribution in [0.4, 0.5) is 10.7 Å². The van der Waals surface area contributed by atoms with Gasteiger partial charge in [-0.1, -0.05) is 6.07 Å². The molecule has 0 unspecified atom stereocenters. The van der Waals surface area contributed by atoms with E-state index >= 15 is 0 Å². The van der Waals surface area contributed by atoms with Crippen molar-refractivity contribution in [2.75, 3.05) is 24.3 Å². The van der Waals surface area contributed by atoms with E-state index in [-0.39, 0.29) is 16.4 Å². The molecule has 39 heavy (non-hydrogen) atoms. The third-order valence-corrected chi connectivity index (χ3v) is 10.6. The molecule has 10 heteroatoms. The Morgan fingerprint density at radius 1 is 0.923 bits per heavy atom. The molecule has 3 aromatic rings. The average molecular weight is 564 g/mol. The number of benzene rings is 2. The van der Waals surface area contributed by atoms with Crippen molar-refractivity contribution < 1.29 is 22.7 Å². The quantitative estimate of drug-likeness (QED) is 0.416. The number of methoxy groups -OCH3 is 1. The summed E-state index contributed by atoms with van der Waals surface area (Å²) in [5.41, 5.74) is 3.72. The Kier molecular flexibility index (Phi) is 6.68. The second-order valence-electron chi connectivity index (χ2n) is 9.97. The highest BCUT2D eigenvalue weighted by Crippen LogP contribution is 2.40. The van der Waals surface area contributed by atoms with E-state index in [9.17, 15) is 18.0 Å². The number of nitrogens with zero attached hydrogens (tertiary/aromatic N) is 1. The van der Waals surface area contributed by atoms with Crippen molar-refractivity contribution in [3.63, 3.8) is 0 Å². The van der Waals surface area contributed by atoms with Crippen molar-refractivity contribution >= 4 is 49.9 Å². The van der Waals surface area contributed by atoms with Crippen LogP contribution in [0.1, 0.15) is 68.8 Å². The summed E-state index contributed by atoms with van der Waals surface area (Å²) in [5.74, 6) is -0.0444. The molecule has 2 aliphatic heterocycles. The standard InChI is InChI=1S/C29H29N3O5S2/c1-37-22-13-11-20(12-14-22)30-28(34)26-23-7-2-3-8-24(23)38-29(26)31-27(33)19-10-9-18-16-21-6-4-5-15-32(21)39(35,36)25(18)17-19/h9-14,16-17H,2-8,15H2,1H3,(H,30,34)(H,31,33). The van der Waals surface area contributed by atoms with Crippen molar-refractivity contribution in [3.8, 4) is 5.75 Å². The first-order chi connectivity index (χ1) is 18.8. The molecule has 2 amide bonds. The van der Waals surface area contributed by atoms with Gasteiger partial charge in [-0.2, -0.15) is 0 Å². The van der Waals surface area contributed by atoms with E-state index in [0.29, 0.717) is 34.1 Å². The SMILES string of the molecule is COc1ccc(NC(=O)c2c(NC(=O)c3ccc4c(c3)S(=O)(=O)N3CCCCC3=C4)sc3c2CCCC3)cc1. The van der Waals surface area contributed by atoms with Gasteiger partial charge in [-0.15, -0.1) is 11.3 Å². The number of carbonyl (C=O) groups excluding carboxylic acids is 2.